The number of aromatic nitrogens is 2. The molecule has 0 saturated carbocycles. The zero-order chi connectivity index (χ0) is 28.8. The number of nitriles is 2. The number of imidazole rings is 1. The molecule has 1 aromatic heterocycles. The highest BCUT2D eigenvalue weighted by atomic mass is 32.2. The van der Waals surface area contributed by atoms with Gasteiger partial charge in [0.25, 0.3) is 0 Å². The van der Waals surface area contributed by atoms with Crippen LogP contribution >= 0.6 is 0 Å². The number of sulfone groups is 1. The smallest absolute Gasteiger partial charge is 0.206 e. The highest BCUT2D eigenvalue weighted by molar-refractivity contribution is 7.91. The van der Waals surface area contributed by atoms with Crippen molar-refractivity contribution in [2.45, 2.75) is 36.3 Å². The molecule has 0 unspecified atom stereocenters. The van der Waals surface area contributed by atoms with E-state index in [0.29, 0.717) is 30.8 Å². The maximum absolute atomic E-state index is 13.1. The van der Waals surface area contributed by atoms with Crippen LogP contribution in [0.5, 0.6) is 0 Å². The van der Waals surface area contributed by atoms with Crippen LogP contribution in [0.1, 0.15) is 33.8 Å². The lowest BCUT2D eigenvalue weighted by atomic mass is 10.1. The predicted octanol–water partition coefficient (Wildman–Crippen LogP) is 6.02. The Morgan fingerprint density at radius 3 is 1.88 bits per heavy atom. The minimum absolute atomic E-state index is 0.229. The third-order valence-corrected chi connectivity index (χ3v) is 8.72. The summed E-state index contributed by atoms with van der Waals surface area (Å²) in [6.07, 6.45) is 1.86. The second kappa shape index (κ2) is 11.9. The molecule has 0 saturated heterocycles. The van der Waals surface area contributed by atoms with E-state index in [4.69, 9.17) is 5.26 Å². The van der Waals surface area contributed by atoms with E-state index in [9.17, 15) is 13.7 Å². The van der Waals surface area contributed by atoms with Crippen molar-refractivity contribution in [2.75, 3.05) is 4.90 Å². The Bertz CT molecular complexity index is 1830. The van der Waals surface area contributed by atoms with Gasteiger partial charge in [-0.15, -0.1) is 0 Å². The van der Waals surface area contributed by atoms with E-state index in [2.05, 4.69) is 26.6 Å². The van der Waals surface area contributed by atoms with Crippen LogP contribution in [0.3, 0.4) is 0 Å². The van der Waals surface area contributed by atoms with Crippen molar-refractivity contribution < 1.29 is 8.42 Å². The number of hydrogen-bond donors (Lipinski definition) is 0. The Labute approximate surface area is 240 Å². The van der Waals surface area contributed by atoms with Crippen LogP contribution in [0, 0.1) is 29.6 Å². The van der Waals surface area contributed by atoms with E-state index in [0.717, 1.165) is 28.3 Å². The molecule has 0 atom stereocenters. The molecule has 0 N–H and O–H groups in total. The molecular formula is C33H27N5O2S. The van der Waals surface area contributed by atoms with Crippen molar-refractivity contribution in [2.24, 2.45) is 0 Å². The standard InChI is InChI=1S/C33H27N5O2S/c1-25-36-21-31(38(25)23-29-13-9-27(20-35)10-14-29)24-37(22-28-11-7-26(19-34)8-12-28)30-15-17-33(18-16-30)41(39,40)32-5-3-2-4-6-32/h2-18,21H,22-24H2,1H3. The summed E-state index contributed by atoms with van der Waals surface area (Å²) in [6, 6.07) is 34.6. The molecule has 7 nitrogen and oxygen atoms in total. The molecule has 0 spiro atoms. The molecular weight excluding hydrogens is 530 g/mol. The summed E-state index contributed by atoms with van der Waals surface area (Å²) in [5.74, 6) is 0.868. The molecule has 0 bridgehead atoms. The van der Waals surface area contributed by atoms with Crippen LogP contribution < -0.4 is 4.90 Å². The minimum atomic E-state index is -3.63. The molecule has 202 valence electrons. The lowest BCUT2D eigenvalue weighted by molar-refractivity contribution is 0.596. The van der Waals surface area contributed by atoms with E-state index in [-0.39, 0.29) is 9.79 Å². The molecule has 5 rings (SSSR count). The van der Waals surface area contributed by atoms with Gasteiger partial charge in [0.2, 0.25) is 9.84 Å². The maximum atomic E-state index is 13.1. The van der Waals surface area contributed by atoms with Crippen molar-refractivity contribution in [3.05, 3.63) is 143 Å². The highest BCUT2D eigenvalue weighted by Gasteiger charge is 2.19. The SMILES string of the molecule is Cc1ncc(CN(Cc2ccc(C#N)cc2)c2ccc(S(=O)(=O)c3ccccc3)cc2)n1Cc1ccc(C#N)cc1. The first kappa shape index (κ1) is 27.4. The summed E-state index contributed by atoms with van der Waals surface area (Å²) < 4.78 is 28.4. The molecule has 0 fully saturated rings. The van der Waals surface area contributed by atoms with Crippen molar-refractivity contribution in [3.63, 3.8) is 0 Å². The van der Waals surface area contributed by atoms with E-state index in [1.54, 1.807) is 54.6 Å². The van der Waals surface area contributed by atoms with Crippen molar-refractivity contribution >= 4 is 15.5 Å². The van der Waals surface area contributed by atoms with E-state index >= 15 is 0 Å². The summed E-state index contributed by atoms with van der Waals surface area (Å²) in [6.45, 7) is 3.62. The number of benzene rings is 4. The Balaban J connectivity index is 1.46. The van der Waals surface area contributed by atoms with Gasteiger partial charge in [0.05, 0.1) is 51.5 Å². The molecule has 0 radical (unpaired) electrons. The zero-order valence-electron chi connectivity index (χ0n) is 22.5. The molecule has 5 aromatic rings. The van der Waals surface area contributed by atoms with Gasteiger partial charge in [0.1, 0.15) is 5.82 Å². The number of rotatable bonds is 9. The van der Waals surface area contributed by atoms with Gasteiger partial charge in [-0.1, -0.05) is 42.5 Å². The van der Waals surface area contributed by atoms with Gasteiger partial charge in [0.15, 0.2) is 0 Å². The summed E-state index contributed by atoms with van der Waals surface area (Å²) in [4.78, 5) is 7.21. The fourth-order valence-electron chi connectivity index (χ4n) is 4.64. The van der Waals surface area contributed by atoms with Crippen molar-refractivity contribution in [1.82, 2.24) is 9.55 Å². The van der Waals surface area contributed by atoms with Gasteiger partial charge in [-0.05, 0) is 78.7 Å². The third-order valence-electron chi connectivity index (χ3n) is 6.94. The molecule has 41 heavy (non-hydrogen) atoms. The van der Waals surface area contributed by atoms with Gasteiger partial charge >= 0.3 is 0 Å². The van der Waals surface area contributed by atoms with Crippen LogP contribution in [-0.2, 0) is 29.5 Å². The Hall–Kier alpha value is -5.18. The first-order valence-corrected chi connectivity index (χ1v) is 14.5. The molecule has 4 aromatic carbocycles. The number of anilines is 1. The average Bonchev–Trinajstić information content (AvgIpc) is 3.36. The van der Waals surface area contributed by atoms with Gasteiger partial charge < -0.3 is 9.47 Å². The van der Waals surface area contributed by atoms with Gasteiger partial charge in [0, 0.05) is 18.8 Å². The number of hydrogen-bond acceptors (Lipinski definition) is 6. The van der Waals surface area contributed by atoms with E-state index < -0.39 is 9.84 Å². The first-order chi connectivity index (χ1) is 19.9. The second-order valence-electron chi connectivity index (χ2n) is 9.67. The van der Waals surface area contributed by atoms with Crippen LogP contribution in [0.25, 0.3) is 0 Å². The quantitative estimate of drug-likeness (QED) is 0.219. The molecule has 0 amide bonds. The van der Waals surface area contributed by atoms with Crippen LogP contribution in [0.2, 0.25) is 0 Å². The Morgan fingerprint density at radius 2 is 1.29 bits per heavy atom. The van der Waals surface area contributed by atoms with Gasteiger partial charge in [-0.25, -0.2) is 13.4 Å². The maximum Gasteiger partial charge on any atom is 0.206 e. The fraction of sp³-hybridized carbons (Fsp3) is 0.121. The lowest BCUT2D eigenvalue weighted by Gasteiger charge is -2.26. The highest BCUT2D eigenvalue weighted by Crippen LogP contribution is 2.26. The Kier molecular flexibility index (Phi) is 7.96. The molecule has 0 aliphatic heterocycles. The van der Waals surface area contributed by atoms with Crippen molar-refractivity contribution in [3.8, 4) is 12.1 Å². The van der Waals surface area contributed by atoms with E-state index in [1.165, 1.54) is 0 Å². The topological polar surface area (TPSA) is 103 Å². The predicted molar refractivity (Wildman–Crippen MR) is 157 cm³/mol. The molecule has 0 aliphatic rings. The minimum Gasteiger partial charge on any atom is -0.361 e. The third kappa shape index (κ3) is 6.19. The van der Waals surface area contributed by atoms with Crippen LogP contribution in [0.4, 0.5) is 5.69 Å². The monoisotopic (exact) mass is 557 g/mol. The van der Waals surface area contributed by atoms with E-state index in [1.807, 2.05) is 61.7 Å². The molecule has 8 heteroatoms. The lowest BCUT2D eigenvalue weighted by Crippen LogP contribution is -2.24. The fourth-order valence-corrected chi connectivity index (χ4v) is 5.92. The van der Waals surface area contributed by atoms with Crippen LogP contribution in [0.15, 0.2) is 119 Å². The summed E-state index contributed by atoms with van der Waals surface area (Å²) in [5, 5.41) is 18.3. The first-order valence-electron chi connectivity index (χ1n) is 13.0. The van der Waals surface area contributed by atoms with Crippen molar-refractivity contribution in [1.29, 1.82) is 10.5 Å². The summed E-state index contributed by atoms with van der Waals surface area (Å²) in [7, 11) is -3.63. The van der Waals surface area contributed by atoms with Crippen LogP contribution in [-0.4, -0.2) is 18.0 Å². The number of nitrogens with zero attached hydrogens (tertiary/aromatic N) is 5. The van der Waals surface area contributed by atoms with Gasteiger partial charge in [-0.3, -0.25) is 0 Å². The summed E-state index contributed by atoms with van der Waals surface area (Å²) in [5.41, 5.74) is 5.11. The average molecular weight is 558 g/mol. The zero-order valence-corrected chi connectivity index (χ0v) is 23.3. The largest absolute Gasteiger partial charge is 0.361 e. The Morgan fingerprint density at radius 1 is 0.732 bits per heavy atom. The molecule has 0 aliphatic carbocycles. The molecule has 1 heterocycles. The normalized spacial score (nSPS) is 11.0. The summed E-state index contributed by atoms with van der Waals surface area (Å²) >= 11 is 0. The van der Waals surface area contributed by atoms with Gasteiger partial charge in [-0.2, -0.15) is 10.5 Å². The second-order valence-corrected chi connectivity index (χ2v) is 11.6. The number of aryl methyl sites for hydroxylation is 1.